The standard InChI is InChI=1S/C8H12N.W/c1-4-9-7-5-6-8(2)3;/h5,7-8H,1-3H3;/q-1;. The molecule has 0 rings (SSSR count). The van der Waals surface area contributed by atoms with Crippen molar-refractivity contribution >= 4 is 10.2 Å². The molecule has 0 aromatic rings. The van der Waals surface area contributed by atoms with Gasteiger partial charge in [0, 0.05) is 0 Å². The van der Waals surface area contributed by atoms with E-state index in [1.54, 1.807) is 6.21 Å². The molecule has 0 bridgehead atoms. The molecule has 0 saturated heterocycles. The summed E-state index contributed by atoms with van der Waals surface area (Å²) in [6.07, 6.45) is 6.79. The van der Waals surface area contributed by atoms with Gasteiger partial charge >= 0.3 is 73.4 Å². The van der Waals surface area contributed by atoms with Crippen LogP contribution in [0.4, 0.5) is 0 Å². The van der Waals surface area contributed by atoms with E-state index in [4.69, 9.17) is 0 Å². The number of rotatable bonds is 3. The van der Waals surface area contributed by atoms with Crippen molar-refractivity contribution in [2.45, 2.75) is 20.8 Å². The molecule has 0 heterocycles. The average molecular weight is 306 g/mol. The first-order valence-corrected chi connectivity index (χ1v) is 4.72. The van der Waals surface area contributed by atoms with E-state index in [9.17, 15) is 0 Å². The summed E-state index contributed by atoms with van der Waals surface area (Å²) >= 11 is 1.42. The van der Waals surface area contributed by atoms with Gasteiger partial charge in [0.15, 0.2) is 0 Å². The van der Waals surface area contributed by atoms with Crippen molar-refractivity contribution < 1.29 is 19.4 Å². The Labute approximate surface area is 73.7 Å². The Morgan fingerprint density at radius 1 is 1.60 bits per heavy atom. The van der Waals surface area contributed by atoms with E-state index < -0.39 is 0 Å². The summed E-state index contributed by atoms with van der Waals surface area (Å²) in [5, 5.41) is 0. The van der Waals surface area contributed by atoms with E-state index in [-0.39, 0.29) is 0 Å². The second-order valence-electron chi connectivity index (χ2n) is 2.29. The molecule has 56 valence electrons. The monoisotopic (exact) mass is 306 g/mol. The van der Waals surface area contributed by atoms with Crippen molar-refractivity contribution in [1.82, 2.24) is 0 Å². The van der Waals surface area contributed by atoms with Crippen molar-refractivity contribution in [3.8, 4) is 0 Å². The van der Waals surface area contributed by atoms with Gasteiger partial charge in [0.25, 0.3) is 0 Å². The Morgan fingerprint density at radius 3 is 2.60 bits per heavy atom. The molecule has 0 aromatic heterocycles. The van der Waals surface area contributed by atoms with E-state index in [1.807, 2.05) is 13.0 Å². The zero-order valence-corrected chi connectivity index (χ0v) is 9.52. The van der Waals surface area contributed by atoms with E-state index in [0.717, 1.165) is 4.02 Å². The predicted molar refractivity (Wildman–Crippen MR) is 41.8 cm³/mol. The van der Waals surface area contributed by atoms with Crippen LogP contribution in [-0.4, -0.2) is 10.2 Å². The molecule has 0 aliphatic carbocycles. The number of allylic oxidation sites excluding steroid dienone is 2. The molecule has 0 saturated carbocycles. The molecule has 0 aromatic carbocycles. The molecule has 0 unspecified atom stereocenters. The van der Waals surface area contributed by atoms with Crippen LogP contribution in [0.5, 0.6) is 0 Å². The maximum atomic E-state index is 4.11. The van der Waals surface area contributed by atoms with Crippen LogP contribution in [0.3, 0.4) is 0 Å². The van der Waals surface area contributed by atoms with Crippen molar-refractivity contribution in [2.75, 3.05) is 0 Å². The predicted octanol–water partition coefficient (Wildman–Crippen LogP) is 1.77. The molecule has 0 amide bonds. The van der Waals surface area contributed by atoms with Crippen LogP contribution in [0.25, 0.3) is 0 Å². The van der Waals surface area contributed by atoms with Gasteiger partial charge in [-0.1, -0.05) is 0 Å². The Kier molecular flexibility index (Phi) is 5.71. The molecule has 0 spiro atoms. The summed E-state index contributed by atoms with van der Waals surface area (Å²) in [5.41, 5.74) is 0. The zero-order valence-electron chi connectivity index (χ0n) is 6.59. The fourth-order valence-electron chi connectivity index (χ4n) is 0.378. The summed E-state index contributed by atoms with van der Waals surface area (Å²) in [7, 11) is 0. The first-order valence-electron chi connectivity index (χ1n) is 3.25. The SMILES string of the molecule is C[C](=[W])N=CC=[C-]C(C)C. The van der Waals surface area contributed by atoms with Gasteiger partial charge in [0.2, 0.25) is 0 Å². The second kappa shape index (κ2) is 5.73. The zero-order chi connectivity index (χ0) is 7.98. The third-order valence-corrected chi connectivity index (χ3v) is 1.14. The molecular formula is C8H12NW-. The van der Waals surface area contributed by atoms with Gasteiger partial charge in [-0.15, -0.1) is 0 Å². The van der Waals surface area contributed by atoms with Crippen molar-refractivity contribution in [2.24, 2.45) is 10.9 Å². The van der Waals surface area contributed by atoms with Crippen LogP contribution in [0.2, 0.25) is 0 Å². The molecule has 2 heteroatoms. The summed E-state index contributed by atoms with van der Waals surface area (Å²) < 4.78 is 1.15. The molecule has 0 fully saturated rings. The maximum absolute atomic E-state index is 4.11. The molecule has 10 heavy (non-hydrogen) atoms. The van der Waals surface area contributed by atoms with Crippen LogP contribution in [0.1, 0.15) is 20.8 Å². The molecule has 0 atom stereocenters. The van der Waals surface area contributed by atoms with Gasteiger partial charge in [-0.3, -0.25) is 0 Å². The van der Waals surface area contributed by atoms with Crippen molar-refractivity contribution in [3.63, 3.8) is 0 Å². The molecule has 0 radical (unpaired) electrons. The molecule has 1 nitrogen and oxygen atoms in total. The van der Waals surface area contributed by atoms with Crippen LogP contribution < -0.4 is 0 Å². The molecular weight excluding hydrogens is 294 g/mol. The van der Waals surface area contributed by atoms with E-state index in [1.165, 1.54) is 19.4 Å². The number of aliphatic imine (C=N–C) groups is 1. The van der Waals surface area contributed by atoms with Gasteiger partial charge in [0.1, 0.15) is 0 Å². The summed E-state index contributed by atoms with van der Waals surface area (Å²) in [6, 6.07) is 0. The number of nitrogens with zero attached hydrogens (tertiary/aromatic N) is 1. The van der Waals surface area contributed by atoms with Gasteiger partial charge in [-0.05, 0) is 0 Å². The first kappa shape index (κ1) is 9.97. The number of hydrogen-bond donors (Lipinski definition) is 0. The molecule has 0 N–H and O–H groups in total. The van der Waals surface area contributed by atoms with Crippen LogP contribution in [0, 0.1) is 12.0 Å². The van der Waals surface area contributed by atoms with Gasteiger partial charge in [0.05, 0.1) is 0 Å². The Morgan fingerprint density at radius 2 is 2.20 bits per heavy atom. The van der Waals surface area contributed by atoms with E-state index >= 15 is 0 Å². The Balaban J connectivity index is 3.62. The topological polar surface area (TPSA) is 12.4 Å². The third kappa shape index (κ3) is 7.97. The molecule has 0 aliphatic rings. The van der Waals surface area contributed by atoms with E-state index in [0.29, 0.717) is 5.92 Å². The van der Waals surface area contributed by atoms with Gasteiger partial charge in [-0.2, -0.15) is 0 Å². The summed E-state index contributed by atoms with van der Waals surface area (Å²) in [6.45, 7) is 6.20. The first-order chi connectivity index (χ1) is 4.63. The van der Waals surface area contributed by atoms with Crippen LogP contribution in [0.15, 0.2) is 11.1 Å². The Bertz CT molecular complexity index is 157. The van der Waals surface area contributed by atoms with Crippen LogP contribution >= 0.6 is 0 Å². The normalized spacial score (nSPS) is 12.0. The Hall–Kier alpha value is -0.0317. The van der Waals surface area contributed by atoms with Crippen molar-refractivity contribution in [1.29, 1.82) is 0 Å². The average Bonchev–Trinajstić information content (AvgIpc) is 1.79. The minimum absolute atomic E-state index is 0.496. The van der Waals surface area contributed by atoms with E-state index in [2.05, 4.69) is 24.9 Å². The third-order valence-electron chi connectivity index (χ3n) is 0.760. The summed E-state index contributed by atoms with van der Waals surface area (Å²) in [4.78, 5) is 4.11. The van der Waals surface area contributed by atoms with Crippen molar-refractivity contribution in [3.05, 3.63) is 12.2 Å². The summed E-state index contributed by atoms with van der Waals surface area (Å²) in [5.74, 6) is 0.496. The fraction of sp³-hybridized carbons (Fsp3) is 0.500. The number of hydrogen-bond acceptors (Lipinski definition) is 1. The van der Waals surface area contributed by atoms with Gasteiger partial charge < -0.3 is 0 Å². The quantitative estimate of drug-likeness (QED) is 0.557. The van der Waals surface area contributed by atoms with Crippen LogP contribution in [-0.2, 0) is 19.4 Å². The fourth-order valence-corrected chi connectivity index (χ4v) is 0.596. The second-order valence-corrected chi connectivity index (χ2v) is 4.41. The van der Waals surface area contributed by atoms with Gasteiger partial charge in [-0.25, -0.2) is 0 Å². The minimum atomic E-state index is 0.496. The molecule has 0 aliphatic heterocycles.